The van der Waals surface area contributed by atoms with Crippen LogP contribution in [0.15, 0.2) is 39.6 Å². The number of nitrogens with zero attached hydrogens (tertiary/aromatic N) is 1. The summed E-state index contributed by atoms with van der Waals surface area (Å²) >= 11 is 3.41. The molecule has 0 saturated carbocycles. The van der Waals surface area contributed by atoms with E-state index in [1.165, 1.54) is 0 Å². The lowest BCUT2D eigenvalue weighted by Crippen LogP contribution is -2.26. The van der Waals surface area contributed by atoms with E-state index in [1.54, 1.807) is 17.6 Å². The van der Waals surface area contributed by atoms with E-state index in [1.807, 2.05) is 24.3 Å². The lowest BCUT2D eigenvalue weighted by molar-refractivity contribution is 0.0524. The molecule has 1 aliphatic rings. The molecule has 2 aromatic rings. The van der Waals surface area contributed by atoms with Crippen molar-refractivity contribution in [3.8, 4) is 0 Å². The molecule has 0 aliphatic carbocycles. The zero-order valence-electron chi connectivity index (χ0n) is 13.0. The molecule has 0 spiro atoms. The van der Waals surface area contributed by atoms with Gasteiger partial charge in [0.1, 0.15) is 0 Å². The van der Waals surface area contributed by atoms with Crippen LogP contribution in [0.2, 0.25) is 0 Å². The van der Waals surface area contributed by atoms with Gasteiger partial charge in [0.2, 0.25) is 0 Å². The average molecular weight is 376 g/mol. The predicted octanol–water partition coefficient (Wildman–Crippen LogP) is 3.32. The van der Waals surface area contributed by atoms with Crippen molar-refractivity contribution in [1.82, 2.24) is 4.57 Å². The van der Waals surface area contributed by atoms with Gasteiger partial charge in [0.05, 0.1) is 12.2 Å². The van der Waals surface area contributed by atoms with Gasteiger partial charge in [-0.1, -0.05) is 28.1 Å². The molecule has 5 heteroatoms. The molecule has 0 unspecified atom stereocenters. The molecule has 0 radical (unpaired) electrons. The molecule has 3 rings (SSSR count). The summed E-state index contributed by atoms with van der Waals surface area (Å²) in [5.41, 5.74) is 3.04. The number of halogens is 1. The molecule has 4 nitrogen and oxygen atoms in total. The van der Waals surface area contributed by atoms with Gasteiger partial charge in [-0.25, -0.2) is 4.79 Å². The standard InChI is InChI=1S/C18H18BrNO3/c1-2-23-18(22)15-11-13(10-12-5-7-14(19)8-6-12)17(21)20-9-3-4-16(15)20/h5-8,11H,2-4,9-10H2,1H3. The number of hydrogen-bond donors (Lipinski definition) is 0. The minimum atomic E-state index is -0.338. The monoisotopic (exact) mass is 375 g/mol. The fraction of sp³-hybridized carbons (Fsp3) is 0.333. The van der Waals surface area contributed by atoms with Gasteiger partial charge in [0.25, 0.3) is 5.56 Å². The van der Waals surface area contributed by atoms with Crippen LogP contribution in [0, 0.1) is 0 Å². The quantitative estimate of drug-likeness (QED) is 0.770. The topological polar surface area (TPSA) is 48.3 Å². The summed E-state index contributed by atoms with van der Waals surface area (Å²) in [5.74, 6) is -0.338. The lowest BCUT2D eigenvalue weighted by Gasteiger charge is -2.12. The van der Waals surface area contributed by atoms with Crippen LogP contribution in [-0.4, -0.2) is 17.1 Å². The first-order chi connectivity index (χ1) is 11.1. The van der Waals surface area contributed by atoms with E-state index in [0.717, 1.165) is 28.6 Å². The van der Waals surface area contributed by atoms with E-state index in [9.17, 15) is 9.59 Å². The van der Waals surface area contributed by atoms with E-state index < -0.39 is 0 Å². The number of fused-ring (bicyclic) bond motifs is 1. The molecular formula is C18H18BrNO3. The van der Waals surface area contributed by atoms with Crippen molar-refractivity contribution in [3.05, 3.63) is 67.5 Å². The van der Waals surface area contributed by atoms with Crippen molar-refractivity contribution in [2.75, 3.05) is 6.61 Å². The Morgan fingerprint density at radius 1 is 1.30 bits per heavy atom. The fourth-order valence-corrected chi connectivity index (χ4v) is 3.27. The first-order valence-corrected chi connectivity index (χ1v) is 8.56. The molecule has 1 aliphatic heterocycles. The highest BCUT2D eigenvalue weighted by molar-refractivity contribution is 9.10. The molecule has 2 heterocycles. The van der Waals surface area contributed by atoms with Crippen LogP contribution in [0.25, 0.3) is 0 Å². The van der Waals surface area contributed by atoms with Gasteiger partial charge in [-0.3, -0.25) is 4.79 Å². The van der Waals surface area contributed by atoms with Crippen LogP contribution in [0.3, 0.4) is 0 Å². The average Bonchev–Trinajstić information content (AvgIpc) is 3.02. The number of carbonyl (C=O) groups excluding carboxylic acids is 1. The molecule has 23 heavy (non-hydrogen) atoms. The van der Waals surface area contributed by atoms with Gasteiger partial charge >= 0.3 is 5.97 Å². The smallest absolute Gasteiger partial charge is 0.339 e. The van der Waals surface area contributed by atoms with E-state index >= 15 is 0 Å². The summed E-state index contributed by atoms with van der Waals surface area (Å²) in [7, 11) is 0. The molecule has 1 aromatic heterocycles. The minimum Gasteiger partial charge on any atom is -0.462 e. The second-order valence-corrected chi connectivity index (χ2v) is 6.53. The zero-order valence-corrected chi connectivity index (χ0v) is 14.6. The summed E-state index contributed by atoms with van der Waals surface area (Å²) in [6.07, 6.45) is 2.16. The van der Waals surface area contributed by atoms with Gasteiger partial charge in [-0.05, 0) is 43.5 Å². The predicted molar refractivity (Wildman–Crippen MR) is 91.9 cm³/mol. The van der Waals surface area contributed by atoms with Crippen molar-refractivity contribution in [2.45, 2.75) is 32.7 Å². The second kappa shape index (κ2) is 6.71. The third kappa shape index (κ3) is 3.24. The van der Waals surface area contributed by atoms with E-state index in [2.05, 4.69) is 15.9 Å². The van der Waals surface area contributed by atoms with Crippen LogP contribution in [0.4, 0.5) is 0 Å². The van der Waals surface area contributed by atoms with Crippen molar-refractivity contribution >= 4 is 21.9 Å². The summed E-state index contributed by atoms with van der Waals surface area (Å²) < 4.78 is 7.89. The Labute approximate surface area is 143 Å². The van der Waals surface area contributed by atoms with E-state index in [-0.39, 0.29) is 11.5 Å². The maximum absolute atomic E-state index is 12.7. The van der Waals surface area contributed by atoms with Crippen LogP contribution < -0.4 is 5.56 Å². The molecule has 0 bridgehead atoms. The number of benzene rings is 1. The molecule has 120 valence electrons. The van der Waals surface area contributed by atoms with Crippen molar-refractivity contribution < 1.29 is 9.53 Å². The van der Waals surface area contributed by atoms with Crippen molar-refractivity contribution in [3.63, 3.8) is 0 Å². The summed E-state index contributed by atoms with van der Waals surface area (Å²) in [6.45, 7) is 2.80. The molecule has 1 aromatic carbocycles. The number of aromatic nitrogens is 1. The highest BCUT2D eigenvalue weighted by atomic mass is 79.9. The van der Waals surface area contributed by atoms with E-state index in [0.29, 0.717) is 30.7 Å². The summed E-state index contributed by atoms with van der Waals surface area (Å²) in [6, 6.07) is 9.58. The van der Waals surface area contributed by atoms with Crippen LogP contribution in [-0.2, 0) is 24.1 Å². The van der Waals surface area contributed by atoms with Crippen molar-refractivity contribution in [1.29, 1.82) is 0 Å². The zero-order chi connectivity index (χ0) is 16.4. The minimum absolute atomic E-state index is 0.00784. The normalized spacial score (nSPS) is 13.0. The number of esters is 1. The number of carbonyl (C=O) groups is 1. The molecule has 0 amide bonds. The Hall–Kier alpha value is -1.88. The molecule has 0 atom stereocenters. The highest BCUT2D eigenvalue weighted by Gasteiger charge is 2.23. The summed E-state index contributed by atoms with van der Waals surface area (Å²) in [4.78, 5) is 24.9. The van der Waals surface area contributed by atoms with Gasteiger partial charge < -0.3 is 9.30 Å². The third-order valence-corrected chi connectivity index (χ3v) is 4.60. The van der Waals surface area contributed by atoms with Gasteiger partial charge in [0, 0.05) is 28.7 Å². The number of ether oxygens (including phenoxy) is 1. The maximum atomic E-state index is 12.7. The molecular weight excluding hydrogens is 358 g/mol. The number of hydrogen-bond acceptors (Lipinski definition) is 3. The Morgan fingerprint density at radius 2 is 2.04 bits per heavy atom. The summed E-state index contributed by atoms with van der Waals surface area (Å²) in [5, 5.41) is 0. The Balaban J connectivity index is 2.03. The van der Waals surface area contributed by atoms with E-state index in [4.69, 9.17) is 4.74 Å². The molecule has 0 saturated heterocycles. The van der Waals surface area contributed by atoms with Crippen LogP contribution in [0.1, 0.15) is 40.5 Å². The number of rotatable bonds is 4. The first kappa shape index (κ1) is 16.0. The van der Waals surface area contributed by atoms with Crippen LogP contribution >= 0.6 is 15.9 Å². The Morgan fingerprint density at radius 3 is 2.74 bits per heavy atom. The van der Waals surface area contributed by atoms with Crippen molar-refractivity contribution in [2.24, 2.45) is 0 Å². The molecule has 0 N–H and O–H groups in total. The molecule has 0 fully saturated rings. The SMILES string of the molecule is CCOC(=O)c1cc(Cc2ccc(Br)cc2)c(=O)n2c1CCC2. The van der Waals surface area contributed by atoms with Gasteiger partial charge in [0.15, 0.2) is 0 Å². The lowest BCUT2D eigenvalue weighted by atomic mass is 10.0. The second-order valence-electron chi connectivity index (χ2n) is 5.61. The first-order valence-electron chi connectivity index (χ1n) is 7.77. The van der Waals surface area contributed by atoms with Gasteiger partial charge in [-0.2, -0.15) is 0 Å². The van der Waals surface area contributed by atoms with Crippen LogP contribution in [0.5, 0.6) is 0 Å². The number of pyridine rings is 1. The Kier molecular flexibility index (Phi) is 4.66. The Bertz CT molecular complexity index is 793. The fourth-order valence-electron chi connectivity index (χ4n) is 3.01. The largest absolute Gasteiger partial charge is 0.462 e. The highest BCUT2D eigenvalue weighted by Crippen LogP contribution is 2.21. The third-order valence-electron chi connectivity index (χ3n) is 4.07. The van der Waals surface area contributed by atoms with Gasteiger partial charge in [-0.15, -0.1) is 0 Å². The maximum Gasteiger partial charge on any atom is 0.339 e.